The predicted octanol–water partition coefficient (Wildman–Crippen LogP) is 1.62. The van der Waals surface area contributed by atoms with Crippen LogP contribution in [-0.4, -0.2) is 28.9 Å². The van der Waals surface area contributed by atoms with E-state index in [0.29, 0.717) is 5.75 Å². The molecule has 112 valence electrons. The van der Waals surface area contributed by atoms with Crippen molar-refractivity contribution in [2.45, 2.75) is 31.3 Å². The lowest BCUT2D eigenvalue weighted by molar-refractivity contribution is 0.228. The molecule has 3 atom stereocenters. The molecule has 2 aliphatic rings. The maximum atomic E-state index is 12.1. The van der Waals surface area contributed by atoms with Crippen molar-refractivity contribution in [2.75, 3.05) is 6.61 Å². The van der Waals surface area contributed by atoms with Crippen molar-refractivity contribution >= 4 is 6.03 Å². The summed E-state index contributed by atoms with van der Waals surface area (Å²) in [7, 11) is 0. The number of rotatable bonds is 3. The van der Waals surface area contributed by atoms with Crippen molar-refractivity contribution in [3.8, 4) is 5.75 Å². The van der Waals surface area contributed by atoms with Gasteiger partial charge in [-0.15, -0.1) is 0 Å². The number of carbonyl (C=O) groups excluding carboxylic acids is 1. The molecule has 5 nitrogen and oxygen atoms in total. The number of phenolic OH excluding ortho intramolecular Hbond substituents is 1. The third kappa shape index (κ3) is 2.88. The standard InChI is InChI=1S/C16H20N2O3/c19-9-10-4-5-11(8-10)17-16(21)18-14-7-6-13-12(14)2-1-3-15(13)20/h1-5,10-11,14,19-20H,6-9H2,(H2,17,18,21)/t10-,11+,14?/m0/s1. The number of fused-ring (bicyclic) bond motifs is 1. The summed E-state index contributed by atoms with van der Waals surface area (Å²) in [5.74, 6) is 0.446. The summed E-state index contributed by atoms with van der Waals surface area (Å²) in [5, 5.41) is 24.8. The first-order valence-electron chi connectivity index (χ1n) is 7.34. The Hall–Kier alpha value is -2.01. The van der Waals surface area contributed by atoms with E-state index in [0.717, 1.165) is 30.4 Å². The first-order chi connectivity index (χ1) is 10.2. The Bertz CT molecular complexity index is 571. The van der Waals surface area contributed by atoms with Crippen LogP contribution in [0.15, 0.2) is 30.4 Å². The molecular formula is C16H20N2O3. The molecule has 0 saturated carbocycles. The summed E-state index contributed by atoms with van der Waals surface area (Å²) in [5.41, 5.74) is 1.93. The van der Waals surface area contributed by atoms with Crippen molar-refractivity contribution in [1.29, 1.82) is 0 Å². The molecule has 4 N–H and O–H groups in total. The summed E-state index contributed by atoms with van der Waals surface area (Å²) < 4.78 is 0. The van der Waals surface area contributed by atoms with Crippen molar-refractivity contribution in [1.82, 2.24) is 10.6 Å². The molecule has 21 heavy (non-hydrogen) atoms. The number of aromatic hydroxyl groups is 1. The van der Waals surface area contributed by atoms with Crippen molar-refractivity contribution in [3.05, 3.63) is 41.5 Å². The van der Waals surface area contributed by atoms with Crippen LogP contribution in [0.1, 0.15) is 30.0 Å². The maximum Gasteiger partial charge on any atom is 0.315 e. The zero-order valence-corrected chi connectivity index (χ0v) is 11.7. The van der Waals surface area contributed by atoms with E-state index < -0.39 is 0 Å². The smallest absolute Gasteiger partial charge is 0.315 e. The van der Waals surface area contributed by atoms with Gasteiger partial charge in [0.05, 0.1) is 6.04 Å². The second-order valence-electron chi connectivity index (χ2n) is 5.72. The van der Waals surface area contributed by atoms with Gasteiger partial charge in [-0.1, -0.05) is 24.3 Å². The molecule has 0 aliphatic heterocycles. The van der Waals surface area contributed by atoms with Crippen LogP contribution in [0.25, 0.3) is 0 Å². The normalized spacial score (nSPS) is 26.6. The lowest BCUT2D eigenvalue weighted by Crippen LogP contribution is -2.42. The van der Waals surface area contributed by atoms with Gasteiger partial charge in [0.25, 0.3) is 0 Å². The van der Waals surface area contributed by atoms with E-state index in [1.54, 1.807) is 12.1 Å². The summed E-state index contributed by atoms with van der Waals surface area (Å²) >= 11 is 0. The quantitative estimate of drug-likeness (QED) is 0.638. The second kappa shape index (κ2) is 5.77. The van der Waals surface area contributed by atoms with E-state index >= 15 is 0 Å². The van der Waals surface area contributed by atoms with Crippen LogP contribution in [0.3, 0.4) is 0 Å². The molecule has 0 bridgehead atoms. The molecule has 1 unspecified atom stereocenters. The highest BCUT2D eigenvalue weighted by molar-refractivity contribution is 5.75. The molecule has 2 aliphatic carbocycles. The third-order valence-corrected chi connectivity index (χ3v) is 4.27. The number of amides is 2. The Labute approximate surface area is 123 Å². The minimum atomic E-state index is -0.204. The third-order valence-electron chi connectivity index (χ3n) is 4.27. The van der Waals surface area contributed by atoms with Gasteiger partial charge in [0.15, 0.2) is 0 Å². The number of carbonyl (C=O) groups is 1. The van der Waals surface area contributed by atoms with Gasteiger partial charge in [-0.2, -0.15) is 0 Å². The SMILES string of the molecule is O=C(NC1CCc2c(O)cccc21)N[C@@H]1C=C[C@H](CO)C1. The van der Waals surface area contributed by atoms with Gasteiger partial charge in [0.2, 0.25) is 0 Å². The monoisotopic (exact) mass is 288 g/mol. The van der Waals surface area contributed by atoms with Crippen molar-refractivity contribution in [3.63, 3.8) is 0 Å². The van der Waals surface area contributed by atoms with Gasteiger partial charge in [-0.05, 0) is 36.5 Å². The molecule has 1 aromatic rings. The maximum absolute atomic E-state index is 12.1. The fourth-order valence-corrected chi connectivity index (χ4v) is 3.17. The topological polar surface area (TPSA) is 81.6 Å². The van der Waals surface area contributed by atoms with Crippen LogP contribution >= 0.6 is 0 Å². The number of nitrogens with one attached hydrogen (secondary N) is 2. The molecule has 0 spiro atoms. The van der Waals surface area contributed by atoms with Gasteiger partial charge in [-0.25, -0.2) is 4.79 Å². The Morgan fingerprint density at radius 1 is 1.29 bits per heavy atom. The lowest BCUT2D eigenvalue weighted by Gasteiger charge is -2.18. The number of phenols is 1. The number of aliphatic hydroxyl groups excluding tert-OH is 1. The first kappa shape index (κ1) is 13.9. The van der Waals surface area contributed by atoms with E-state index in [1.807, 2.05) is 18.2 Å². The molecular weight excluding hydrogens is 268 g/mol. The van der Waals surface area contributed by atoms with Crippen LogP contribution < -0.4 is 10.6 Å². The minimum absolute atomic E-state index is 0.0211. The molecule has 0 heterocycles. The van der Waals surface area contributed by atoms with Gasteiger partial charge in [0.1, 0.15) is 5.75 Å². The van der Waals surface area contributed by atoms with Gasteiger partial charge >= 0.3 is 6.03 Å². The molecule has 0 saturated heterocycles. The van der Waals surface area contributed by atoms with E-state index in [4.69, 9.17) is 5.11 Å². The van der Waals surface area contributed by atoms with E-state index in [9.17, 15) is 9.90 Å². The molecule has 3 rings (SSSR count). The summed E-state index contributed by atoms with van der Waals surface area (Å²) in [6.07, 6.45) is 6.19. The van der Waals surface area contributed by atoms with Crippen LogP contribution in [0.5, 0.6) is 5.75 Å². The Kier molecular flexibility index (Phi) is 3.84. The molecule has 1 aromatic carbocycles. The highest BCUT2D eigenvalue weighted by Crippen LogP contribution is 2.36. The predicted molar refractivity (Wildman–Crippen MR) is 79.0 cm³/mol. The first-order valence-corrected chi connectivity index (χ1v) is 7.34. The van der Waals surface area contributed by atoms with Gasteiger partial charge in [0, 0.05) is 18.6 Å². The number of aliphatic hydroxyl groups is 1. The van der Waals surface area contributed by atoms with Crippen LogP contribution in [0.4, 0.5) is 4.79 Å². The van der Waals surface area contributed by atoms with E-state index in [2.05, 4.69) is 10.6 Å². The lowest BCUT2D eigenvalue weighted by atomic mass is 10.1. The van der Waals surface area contributed by atoms with Crippen molar-refractivity contribution < 1.29 is 15.0 Å². The zero-order valence-electron chi connectivity index (χ0n) is 11.7. The molecule has 5 heteroatoms. The van der Waals surface area contributed by atoms with Gasteiger partial charge in [-0.3, -0.25) is 0 Å². The highest BCUT2D eigenvalue weighted by atomic mass is 16.3. The fraction of sp³-hybridized carbons (Fsp3) is 0.438. The summed E-state index contributed by atoms with van der Waals surface area (Å²) in [4.78, 5) is 12.1. The average Bonchev–Trinajstić information content (AvgIpc) is 3.07. The van der Waals surface area contributed by atoms with E-state index in [1.165, 1.54) is 0 Å². The molecule has 0 fully saturated rings. The number of hydrogen-bond acceptors (Lipinski definition) is 3. The fourth-order valence-electron chi connectivity index (χ4n) is 3.17. The Morgan fingerprint density at radius 3 is 2.90 bits per heavy atom. The van der Waals surface area contributed by atoms with Gasteiger partial charge < -0.3 is 20.8 Å². The van der Waals surface area contributed by atoms with Crippen molar-refractivity contribution in [2.24, 2.45) is 5.92 Å². The Morgan fingerprint density at radius 2 is 2.14 bits per heavy atom. The Balaban J connectivity index is 1.58. The summed E-state index contributed by atoms with van der Waals surface area (Å²) in [6, 6.07) is 5.16. The zero-order chi connectivity index (χ0) is 14.8. The molecule has 0 aromatic heterocycles. The molecule has 2 amide bonds. The number of urea groups is 1. The second-order valence-corrected chi connectivity index (χ2v) is 5.72. The minimum Gasteiger partial charge on any atom is -0.508 e. The average molecular weight is 288 g/mol. The highest BCUT2D eigenvalue weighted by Gasteiger charge is 2.27. The van der Waals surface area contributed by atoms with Crippen LogP contribution in [0, 0.1) is 5.92 Å². The number of hydrogen-bond donors (Lipinski definition) is 4. The summed E-state index contributed by atoms with van der Waals surface area (Å²) in [6.45, 7) is 0.117. The van der Waals surface area contributed by atoms with Crippen LogP contribution in [0.2, 0.25) is 0 Å². The largest absolute Gasteiger partial charge is 0.508 e. The molecule has 0 radical (unpaired) electrons. The van der Waals surface area contributed by atoms with Crippen LogP contribution in [-0.2, 0) is 6.42 Å². The van der Waals surface area contributed by atoms with E-state index in [-0.39, 0.29) is 30.6 Å². The number of benzene rings is 1.